The molecule has 0 saturated carbocycles. The summed E-state index contributed by atoms with van der Waals surface area (Å²) in [6.07, 6.45) is 0.868. The molecule has 0 unspecified atom stereocenters. The van der Waals surface area contributed by atoms with Crippen molar-refractivity contribution >= 4 is 11.7 Å². The number of aromatic nitrogens is 3. The molecule has 0 fully saturated rings. The molecule has 116 valence electrons. The van der Waals surface area contributed by atoms with E-state index in [-0.39, 0.29) is 24.6 Å². The molecule has 6 nitrogen and oxygen atoms in total. The Labute approximate surface area is 123 Å². The Morgan fingerprint density at radius 3 is 2.64 bits per heavy atom. The molecule has 0 aliphatic rings. The Morgan fingerprint density at radius 2 is 1.95 bits per heavy atom. The largest absolute Gasteiger partial charge is 0.419 e. The van der Waals surface area contributed by atoms with Gasteiger partial charge >= 0.3 is 6.18 Å². The Morgan fingerprint density at radius 1 is 1.14 bits per heavy atom. The van der Waals surface area contributed by atoms with Gasteiger partial charge in [-0.1, -0.05) is 0 Å². The van der Waals surface area contributed by atoms with E-state index in [0.717, 1.165) is 6.07 Å². The van der Waals surface area contributed by atoms with Gasteiger partial charge in [-0.3, -0.25) is 9.78 Å². The van der Waals surface area contributed by atoms with E-state index in [1.807, 2.05) is 0 Å². The number of rotatable bonds is 5. The standard InChI is InChI=1S/C13H12F3N5O/c14-13(15,16)9-2-1-3-19-11(9)20-6-7-21-12(22)10-8-17-4-5-18-10/h1-5,8H,6-7H2,(H,19,20)(H,21,22). The number of carbonyl (C=O) groups is 1. The summed E-state index contributed by atoms with van der Waals surface area (Å²) in [4.78, 5) is 22.9. The second kappa shape index (κ2) is 6.83. The maximum absolute atomic E-state index is 12.7. The van der Waals surface area contributed by atoms with E-state index in [1.165, 1.54) is 30.9 Å². The van der Waals surface area contributed by atoms with Gasteiger partial charge in [-0.2, -0.15) is 13.2 Å². The van der Waals surface area contributed by atoms with Gasteiger partial charge in [0.05, 0.1) is 11.8 Å². The topological polar surface area (TPSA) is 79.8 Å². The van der Waals surface area contributed by atoms with E-state index < -0.39 is 17.6 Å². The van der Waals surface area contributed by atoms with Crippen LogP contribution in [0.3, 0.4) is 0 Å². The maximum Gasteiger partial charge on any atom is 0.419 e. The number of alkyl halides is 3. The van der Waals surface area contributed by atoms with Gasteiger partial charge in [-0.05, 0) is 12.1 Å². The number of anilines is 1. The predicted molar refractivity (Wildman–Crippen MR) is 72.1 cm³/mol. The van der Waals surface area contributed by atoms with Crippen LogP contribution in [0, 0.1) is 0 Å². The minimum absolute atomic E-state index is 0.0894. The first kappa shape index (κ1) is 15.7. The third-order valence-electron chi connectivity index (χ3n) is 2.61. The summed E-state index contributed by atoms with van der Waals surface area (Å²) in [6, 6.07) is 2.15. The molecule has 0 bridgehead atoms. The van der Waals surface area contributed by atoms with Crippen molar-refractivity contribution in [3.63, 3.8) is 0 Å². The smallest absolute Gasteiger partial charge is 0.368 e. The normalized spacial score (nSPS) is 11.0. The minimum atomic E-state index is -4.49. The lowest BCUT2D eigenvalue weighted by atomic mass is 10.2. The lowest BCUT2D eigenvalue weighted by Crippen LogP contribution is -2.30. The molecular formula is C13H12F3N5O. The van der Waals surface area contributed by atoms with Crippen LogP contribution >= 0.6 is 0 Å². The van der Waals surface area contributed by atoms with Crippen molar-refractivity contribution in [2.24, 2.45) is 0 Å². The van der Waals surface area contributed by atoms with E-state index in [0.29, 0.717) is 0 Å². The summed E-state index contributed by atoms with van der Waals surface area (Å²) in [5.41, 5.74) is -0.716. The quantitative estimate of drug-likeness (QED) is 0.822. The van der Waals surface area contributed by atoms with Crippen LogP contribution in [-0.2, 0) is 6.18 Å². The summed E-state index contributed by atoms with van der Waals surface area (Å²) in [7, 11) is 0. The van der Waals surface area contributed by atoms with E-state index in [4.69, 9.17) is 0 Å². The fourth-order valence-corrected chi connectivity index (χ4v) is 1.64. The maximum atomic E-state index is 12.7. The predicted octanol–water partition coefficient (Wildman–Crippen LogP) is 1.73. The zero-order chi connectivity index (χ0) is 16.0. The average molecular weight is 311 g/mol. The molecule has 0 aromatic carbocycles. The SMILES string of the molecule is O=C(NCCNc1ncccc1C(F)(F)F)c1cnccn1. The van der Waals surface area contributed by atoms with Crippen LogP contribution < -0.4 is 10.6 Å². The van der Waals surface area contributed by atoms with Crippen LogP contribution in [0.1, 0.15) is 16.1 Å². The van der Waals surface area contributed by atoms with E-state index in [9.17, 15) is 18.0 Å². The Balaban J connectivity index is 1.86. The van der Waals surface area contributed by atoms with Gasteiger partial charge in [0.1, 0.15) is 11.5 Å². The van der Waals surface area contributed by atoms with Gasteiger partial charge in [0, 0.05) is 31.7 Å². The molecule has 0 aliphatic carbocycles. The van der Waals surface area contributed by atoms with Crippen LogP contribution in [0.25, 0.3) is 0 Å². The van der Waals surface area contributed by atoms with Crippen molar-refractivity contribution in [2.75, 3.05) is 18.4 Å². The highest BCUT2D eigenvalue weighted by Crippen LogP contribution is 2.33. The average Bonchev–Trinajstić information content (AvgIpc) is 2.51. The highest BCUT2D eigenvalue weighted by atomic mass is 19.4. The van der Waals surface area contributed by atoms with Crippen molar-refractivity contribution < 1.29 is 18.0 Å². The Kier molecular flexibility index (Phi) is 4.87. The number of halogens is 3. The van der Waals surface area contributed by atoms with Gasteiger partial charge in [0.15, 0.2) is 0 Å². The van der Waals surface area contributed by atoms with Gasteiger partial charge in [0.25, 0.3) is 5.91 Å². The number of amides is 1. The molecule has 22 heavy (non-hydrogen) atoms. The molecule has 0 aliphatic heterocycles. The molecule has 1 amide bonds. The van der Waals surface area contributed by atoms with E-state index in [1.54, 1.807) is 0 Å². The number of nitrogens with zero attached hydrogens (tertiary/aromatic N) is 3. The number of carbonyl (C=O) groups excluding carboxylic acids is 1. The number of hydrogen-bond donors (Lipinski definition) is 2. The van der Waals surface area contributed by atoms with Gasteiger partial charge in [0.2, 0.25) is 0 Å². The van der Waals surface area contributed by atoms with Crippen molar-refractivity contribution in [1.82, 2.24) is 20.3 Å². The molecule has 2 aromatic heterocycles. The molecule has 0 atom stereocenters. The fourth-order valence-electron chi connectivity index (χ4n) is 1.64. The Hall–Kier alpha value is -2.71. The van der Waals surface area contributed by atoms with Gasteiger partial charge in [-0.25, -0.2) is 9.97 Å². The minimum Gasteiger partial charge on any atom is -0.368 e. The molecule has 2 N–H and O–H groups in total. The molecule has 0 radical (unpaired) electrons. The van der Waals surface area contributed by atoms with Crippen molar-refractivity contribution in [3.05, 3.63) is 48.2 Å². The van der Waals surface area contributed by atoms with Crippen molar-refractivity contribution in [3.8, 4) is 0 Å². The summed E-state index contributed by atoms with van der Waals surface area (Å²) < 4.78 is 38.2. The van der Waals surface area contributed by atoms with Crippen LogP contribution in [0.2, 0.25) is 0 Å². The molecule has 2 rings (SSSR count). The molecule has 2 aromatic rings. The first-order valence-corrected chi connectivity index (χ1v) is 6.29. The number of nitrogens with one attached hydrogen (secondary N) is 2. The monoisotopic (exact) mass is 311 g/mol. The zero-order valence-electron chi connectivity index (χ0n) is 11.3. The summed E-state index contributed by atoms with van der Waals surface area (Å²) in [6.45, 7) is 0.204. The lowest BCUT2D eigenvalue weighted by Gasteiger charge is -2.13. The summed E-state index contributed by atoms with van der Waals surface area (Å²) in [5.74, 6) is -0.726. The third kappa shape index (κ3) is 4.14. The fraction of sp³-hybridized carbons (Fsp3) is 0.231. The number of hydrogen-bond acceptors (Lipinski definition) is 5. The molecule has 0 spiro atoms. The van der Waals surface area contributed by atoms with E-state index in [2.05, 4.69) is 25.6 Å². The summed E-state index contributed by atoms with van der Waals surface area (Å²) in [5, 5.41) is 5.06. The van der Waals surface area contributed by atoms with Crippen LogP contribution in [0.15, 0.2) is 36.9 Å². The highest BCUT2D eigenvalue weighted by Gasteiger charge is 2.33. The van der Waals surface area contributed by atoms with Crippen LogP contribution in [-0.4, -0.2) is 33.9 Å². The molecule has 0 saturated heterocycles. The molecular weight excluding hydrogens is 299 g/mol. The second-order valence-electron chi connectivity index (χ2n) is 4.17. The molecule has 2 heterocycles. The van der Waals surface area contributed by atoms with Gasteiger partial charge < -0.3 is 10.6 Å². The number of pyridine rings is 1. The van der Waals surface area contributed by atoms with Gasteiger partial charge in [-0.15, -0.1) is 0 Å². The third-order valence-corrected chi connectivity index (χ3v) is 2.61. The van der Waals surface area contributed by atoms with Crippen LogP contribution in [0.4, 0.5) is 19.0 Å². The first-order chi connectivity index (χ1) is 10.5. The van der Waals surface area contributed by atoms with E-state index >= 15 is 0 Å². The Bertz CT molecular complexity index is 633. The molecule has 9 heteroatoms. The van der Waals surface area contributed by atoms with Crippen molar-refractivity contribution in [1.29, 1.82) is 0 Å². The van der Waals surface area contributed by atoms with Crippen molar-refractivity contribution in [2.45, 2.75) is 6.18 Å². The zero-order valence-corrected chi connectivity index (χ0v) is 11.3. The first-order valence-electron chi connectivity index (χ1n) is 6.29. The summed E-state index contributed by atoms with van der Waals surface area (Å²) >= 11 is 0. The lowest BCUT2D eigenvalue weighted by molar-refractivity contribution is -0.137. The van der Waals surface area contributed by atoms with Crippen LogP contribution in [0.5, 0.6) is 0 Å². The highest BCUT2D eigenvalue weighted by molar-refractivity contribution is 5.91. The second-order valence-corrected chi connectivity index (χ2v) is 4.17.